The van der Waals surface area contributed by atoms with Crippen LogP contribution in [-0.2, 0) is 32.1 Å². The van der Waals surface area contributed by atoms with Gasteiger partial charge in [0.2, 0.25) is 11.8 Å². The molecular formula is C32H45N3O6. The van der Waals surface area contributed by atoms with Crippen LogP contribution in [0.15, 0.2) is 54.6 Å². The maximum absolute atomic E-state index is 13.5. The number of hydrogen-bond acceptors (Lipinski definition) is 6. The van der Waals surface area contributed by atoms with Crippen molar-refractivity contribution in [1.82, 2.24) is 16.0 Å². The SMILES string of the molecule is CCC[C@@H](C=O)NC(=O)[C@H](CC(C)C)NC(=O)[C@H](Cc1ccc(OC(C)(C)C)cc1)NC(=O)OCc1ccccc1. The Labute approximate surface area is 243 Å². The zero-order valence-corrected chi connectivity index (χ0v) is 25.1. The minimum Gasteiger partial charge on any atom is -0.488 e. The number of alkyl carbamates (subject to hydrolysis) is 1. The second-order valence-corrected chi connectivity index (χ2v) is 11.6. The Morgan fingerprint density at radius 3 is 2.05 bits per heavy atom. The quantitative estimate of drug-likeness (QED) is 0.268. The molecule has 0 radical (unpaired) electrons. The molecule has 41 heavy (non-hydrogen) atoms. The summed E-state index contributed by atoms with van der Waals surface area (Å²) in [6.07, 6.45) is 1.70. The predicted molar refractivity (Wildman–Crippen MR) is 158 cm³/mol. The van der Waals surface area contributed by atoms with Crippen LogP contribution in [0, 0.1) is 5.92 Å². The molecule has 3 N–H and O–H groups in total. The monoisotopic (exact) mass is 567 g/mol. The van der Waals surface area contributed by atoms with E-state index >= 15 is 0 Å². The van der Waals surface area contributed by atoms with E-state index in [1.54, 1.807) is 0 Å². The fourth-order valence-corrected chi connectivity index (χ4v) is 4.14. The zero-order valence-electron chi connectivity index (χ0n) is 25.1. The minimum absolute atomic E-state index is 0.0444. The van der Waals surface area contributed by atoms with Gasteiger partial charge in [-0.3, -0.25) is 9.59 Å². The van der Waals surface area contributed by atoms with Crippen LogP contribution in [0.3, 0.4) is 0 Å². The third-order valence-corrected chi connectivity index (χ3v) is 6.04. The van der Waals surface area contributed by atoms with Crippen molar-refractivity contribution in [2.75, 3.05) is 0 Å². The smallest absolute Gasteiger partial charge is 0.408 e. The number of carbonyl (C=O) groups is 4. The molecule has 3 atom stereocenters. The lowest BCUT2D eigenvalue weighted by atomic mass is 10.0. The molecule has 2 aromatic carbocycles. The van der Waals surface area contributed by atoms with Gasteiger partial charge in [-0.25, -0.2) is 4.79 Å². The molecule has 3 amide bonds. The topological polar surface area (TPSA) is 123 Å². The molecule has 224 valence electrons. The molecule has 0 aliphatic heterocycles. The minimum atomic E-state index is -1.02. The van der Waals surface area contributed by atoms with Crippen LogP contribution in [0.5, 0.6) is 5.75 Å². The van der Waals surface area contributed by atoms with Crippen molar-refractivity contribution in [3.8, 4) is 5.75 Å². The lowest BCUT2D eigenvalue weighted by molar-refractivity contribution is -0.131. The summed E-state index contributed by atoms with van der Waals surface area (Å²) in [7, 11) is 0. The molecule has 0 aliphatic rings. The van der Waals surface area contributed by atoms with E-state index in [-0.39, 0.29) is 24.5 Å². The van der Waals surface area contributed by atoms with E-state index in [9.17, 15) is 19.2 Å². The first-order valence-corrected chi connectivity index (χ1v) is 14.2. The molecule has 0 bridgehead atoms. The van der Waals surface area contributed by atoms with Gasteiger partial charge in [-0.1, -0.05) is 69.7 Å². The zero-order chi connectivity index (χ0) is 30.4. The summed E-state index contributed by atoms with van der Waals surface area (Å²) in [6, 6.07) is 14.0. The largest absolute Gasteiger partial charge is 0.488 e. The molecule has 0 heterocycles. The van der Waals surface area contributed by atoms with Gasteiger partial charge < -0.3 is 30.2 Å². The average molecular weight is 568 g/mol. The fraction of sp³-hybridized carbons (Fsp3) is 0.500. The number of amides is 3. The maximum atomic E-state index is 13.5. The van der Waals surface area contributed by atoms with Gasteiger partial charge in [0.25, 0.3) is 0 Å². The van der Waals surface area contributed by atoms with Crippen molar-refractivity contribution in [3.63, 3.8) is 0 Å². The van der Waals surface area contributed by atoms with Crippen molar-refractivity contribution in [2.45, 2.75) is 97.6 Å². The first-order chi connectivity index (χ1) is 19.4. The highest BCUT2D eigenvalue weighted by Crippen LogP contribution is 2.19. The van der Waals surface area contributed by atoms with E-state index in [4.69, 9.17) is 9.47 Å². The molecular weight excluding hydrogens is 522 g/mol. The number of nitrogens with one attached hydrogen (secondary N) is 3. The van der Waals surface area contributed by atoms with Gasteiger partial charge in [0.1, 0.15) is 36.3 Å². The lowest BCUT2D eigenvalue weighted by Crippen LogP contribution is -2.56. The number of hydrogen-bond donors (Lipinski definition) is 3. The van der Waals surface area contributed by atoms with Crippen LogP contribution in [0.2, 0.25) is 0 Å². The van der Waals surface area contributed by atoms with Crippen LogP contribution in [0.1, 0.15) is 71.9 Å². The predicted octanol–water partition coefficient (Wildman–Crippen LogP) is 4.72. The number of aldehydes is 1. The second-order valence-electron chi connectivity index (χ2n) is 11.6. The summed E-state index contributed by atoms with van der Waals surface area (Å²) >= 11 is 0. The van der Waals surface area contributed by atoms with Gasteiger partial charge in [-0.15, -0.1) is 0 Å². The standard InChI is InChI=1S/C32H45N3O6/c1-7-11-25(20-36)33-29(37)27(18-22(2)3)34-30(38)28(35-31(39)40-21-24-12-9-8-10-13-24)19-23-14-16-26(17-15-23)41-32(4,5)6/h8-10,12-17,20,22,25,27-28H,7,11,18-19,21H2,1-6H3,(H,33,37)(H,34,38)(H,35,39)/t25-,27-,28-/m0/s1. The molecule has 0 spiro atoms. The van der Waals surface area contributed by atoms with Crippen molar-refractivity contribution in [1.29, 1.82) is 0 Å². The number of carbonyl (C=O) groups excluding carboxylic acids is 4. The average Bonchev–Trinajstić information content (AvgIpc) is 2.91. The normalized spacial score (nSPS) is 13.4. The van der Waals surface area contributed by atoms with E-state index in [0.717, 1.165) is 17.5 Å². The van der Waals surface area contributed by atoms with Crippen molar-refractivity contribution in [3.05, 3.63) is 65.7 Å². The van der Waals surface area contributed by atoms with Gasteiger partial charge >= 0.3 is 6.09 Å². The third kappa shape index (κ3) is 12.9. The lowest BCUT2D eigenvalue weighted by Gasteiger charge is -2.25. The van der Waals surface area contributed by atoms with Gasteiger partial charge in [0.15, 0.2) is 0 Å². The Kier molecular flexibility index (Phi) is 13.3. The maximum Gasteiger partial charge on any atom is 0.408 e. The molecule has 9 heteroatoms. The highest BCUT2D eigenvalue weighted by molar-refractivity contribution is 5.92. The molecule has 0 aliphatic carbocycles. The van der Waals surface area contributed by atoms with Crippen LogP contribution in [-0.4, -0.2) is 47.9 Å². The Morgan fingerprint density at radius 2 is 1.49 bits per heavy atom. The fourth-order valence-electron chi connectivity index (χ4n) is 4.14. The van der Waals surface area contributed by atoms with Crippen LogP contribution in [0.25, 0.3) is 0 Å². The highest BCUT2D eigenvalue weighted by Gasteiger charge is 2.29. The van der Waals surface area contributed by atoms with Crippen molar-refractivity contribution < 1.29 is 28.7 Å². The summed E-state index contributed by atoms with van der Waals surface area (Å²) < 4.78 is 11.2. The van der Waals surface area contributed by atoms with Gasteiger partial charge in [0, 0.05) is 6.42 Å². The molecule has 0 unspecified atom stereocenters. The van der Waals surface area contributed by atoms with E-state index in [2.05, 4.69) is 16.0 Å². The Morgan fingerprint density at radius 1 is 0.854 bits per heavy atom. The molecule has 2 rings (SSSR count). The van der Waals surface area contributed by atoms with Crippen molar-refractivity contribution >= 4 is 24.2 Å². The van der Waals surface area contributed by atoms with Crippen LogP contribution >= 0.6 is 0 Å². The molecule has 0 saturated heterocycles. The van der Waals surface area contributed by atoms with E-state index < -0.39 is 36.0 Å². The molecule has 9 nitrogen and oxygen atoms in total. The van der Waals surface area contributed by atoms with Crippen LogP contribution < -0.4 is 20.7 Å². The number of rotatable bonds is 15. The molecule has 0 fully saturated rings. The Balaban J connectivity index is 2.21. The van der Waals surface area contributed by atoms with Gasteiger partial charge in [0.05, 0.1) is 6.04 Å². The van der Waals surface area contributed by atoms with Gasteiger partial charge in [-0.05, 0) is 62.8 Å². The Hall–Kier alpha value is -3.88. The molecule has 0 saturated carbocycles. The van der Waals surface area contributed by atoms with Gasteiger partial charge in [-0.2, -0.15) is 0 Å². The van der Waals surface area contributed by atoms with Crippen molar-refractivity contribution in [2.24, 2.45) is 5.92 Å². The summed E-state index contributed by atoms with van der Waals surface area (Å²) in [4.78, 5) is 50.8. The van der Waals surface area contributed by atoms with E-state index in [1.807, 2.05) is 96.1 Å². The number of benzene rings is 2. The third-order valence-electron chi connectivity index (χ3n) is 6.04. The highest BCUT2D eigenvalue weighted by atomic mass is 16.5. The first-order valence-electron chi connectivity index (χ1n) is 14.2. The molecule has 2 aromatic rings. The van der Waals surface area contributed by atoms with Crippen LogP contribution in [0.4, 0.5) is 4.79 Å². The number of ether oxygens (including phenoxy) is 2. The first kappa shape index (κ1) is 33.3. The molecule has 0 aromatic heterocycles. The summed E-state index contributed by atoms with van der Waals surface area (Å²) in [6.45, 7) is 11.7. The summed E-state index contributed by atoms with van der Waals surface area (Å²) in [5.41, 5.74) is 1.23. The van der Waals surface area contributed by atoms with E-state index in [0.29, 0.717) is 24.9 Å². The summed E-state index contributed by atoms with van der Waals surface area (Å²) in [5, 5.41) is 8.19. The van der Waals surface area contributed by atoms with E-state index in [1.165, 1.54) is 0 Å². The summed E-state index contributed by atoms with van der Waals surface area (Å²) in [5.74, 6) is -0.199. The second kappa shape index (κ2) is 16.4. The Bertz CT molecular complexity index is 1110.